The summed E-state index contributed by atoms with van der Waals surface area (Å²) in [6, 6.07) is 5.01. The van der Waals surface area contributed by atoms with E-state index in [2.05, 4.69) is 20.8 Å². The monoisotopic (exact) mass is 415 g/mol. The number of methoxy groups -OCH3 is 1. The molecular formula is C23H29NO6. The lowest BCUT2D eigenvalue weighted by molar-refractivity contribution is 0.0693. The molecule has 0 radical (unpaired) electrons. The number of benzene rings is 1. The first-order valence-corrected chi connectivity index (χ1v) is 10.0. The van der Waals surface area contributed by atoms with Gasteiger partial charge in [0, 0.05) is 44.0 Å². The zero-order valence-corrected chi connectivity index (χ0v) is 18.2. The van der Waals surface area contributed by atoms with Crippen molar-refractivity contribution >= 4 is 5.97 Å². The summed E-state index contributed by atoms with van der Waals surface area (Å²) in [7, 11) is 1.66. The van der Waals surface area contributed by atoms with E-state index in [0.717, 1.165) is 23.3 Å². The van der Waals surface area contributed by atoms with Crippen LogP contribution in [0.15, 0.2) is 29.2 Å². The number of aromatic nitrogens is 1. The Balaban J connectivity index is 2.13. The van der Waals surface area contributed by atoms with Crippen molar-refractivity contribution in [1.82, 2.24) is 4.57 Å². The SMILES string of the molecule is COCCCOc1cc2c(cc1C)-c1cc(=O)c(C(=O)O)cn1C(C(C)(C)C)CO2. The molecule has 1 aromatic heterocycles. The minimum absolute atomic E-state index is 0.162. The summed E-state index contributed by atoms with van der Waals surface area (Å²) >= 11 is 0. The molecule has 1 N–H and O–H groups in total. The first kappa shape index (κ1) is 21.9. The molecule has 0 amide bonds. The van der Waals surface area contributed by atoms with Crippen molar-refractivity contribution in [1.29, 1.82) is 0 Å². The minimum atomic E-state index is -1.23. The van der Waals surface area contributed by atoms with E-state index < -0.39 is 11.4 Å². The van der Waals surface area contributed by atoms with E-state index in [9.17, 15) is 14.7 Å². The summed E-state index contributed by atoms with van der Waals surface area (Å²) in [6.07, 6.45) is 2.22. The largest absolute Gasteiger partial charge is 0.493 e. The number of pyridine rings is 1. The third-order valence-electron chi connectivity index (χ3n) is 5.35. The van der Waals surface area contributed by atoms with E-state index in [1.54, 1.807) is 7.11 Å². The molecule has 1 aliphatic heterocycles. The number of fused-ring (bicyclic) bond motifs is 3. The Labute approximate surface area is 176 Å². The molecule has 3 rings (SSSR count). The summed E-state index contributed by atoms with van der Waals surface area (Å²) in [5.74, 6) is 0.102. The van der Waals surface area contributed by atoms with Crippen LogP contribution in [0.3, 0.4) is 0 Å². The molecule has 30 heavy (non-hydrogen) atoms. The maximum absolute atomic E-state index is 12.5. The van der Waals surface area contributed by atoms with Crippen LogP contribution in [0.4, 0.5) is 0 Å². The van der Waals surface area contributed by atoms with Crippen LogP contribution in [0.5, 0.6) is 11.5 Å². The lowest BCUT2D eigenvalue weighted by Gasteiger charge is -2.32. The quantitative estimate of drug-likeness (QED) is 0.720. The molecule has 0 saturated heterocycles. The highest BCUT2D eigenvalue weighted by Gasteiger charge is 2.33. The van der Waals surface area contributed by atoms with Crippen molar-refractivity contribution in [3.63, 3.8) is 0 Å². The number of carboxylic acid groups (broad SMARTS) is 1. The van der Waals surface area contributed by atoms with Crippen molar-refractivity contribution in [3.05, 3.63) is 45.7 Å². The second-order valence-corrected chi connectivity index (χ2v) is 8.65. The Kier molecular flexibility index (Phi) is 6.22. The third kappa shape index (κ3) is 4.36. The average Bonchev–Trinajstić information content (AvgIpc) is 2.81. The fraction of sp³-hybridized carbons (Fsp3) is 0.478. The van der Waals surface area contributed by atoms with Crippen LogP contribution < -0.4 is 14.9 Å². The van der Waals surface area contributed by atoms with Gasteiger partial charge in [0.05, 0.1) is 18.3 Å². The van der Waals surface area contributed by atoms with Crippen molar-refractivity contribution in [2.24, 2.45) is 5.41 Å². The van der Waals surface area contributed by atoms with Gasteiger partial charge in [0.15, 0.2) is 5.43 Å². The first-order valence-electron chi connectivity index (χ1n) is 10.0. The fourth-order valence-corrected chi connectivity index (χ4v) is 3.63. The number of carbonyl (C=O) groups is 1. The van der Waals surface area contributed by atoms with Crippen molar-refractivity contribution in [3.8, 4) is 22.8 Å². The van der Waals surface area contributed by atoms with Crippen LogP contribution in [0, 0.1) is 12.3 Å². The second kappa shape index (κ2) is 8.52. The Morgan fingerprint density at radius 3 is 2.63 bits per heavy atom. The lowest BCUT2D eigenvalue weighted by Crippen LogP contribution is -2.31. The summed E-state index contributed by atoms with van der Waals surface area (Å²) in [5, 5.41) is 9.45. The number of hydrogen-bond acceptors (Lipinski definition) is 5. The zero-order chi connectivity index (χ0) is 22.1. The second-order valence-electron chi connectivity index (χ2n) is 8.65. The Bertz CT molecular complexity index is 1000. The van der Waals surface area contributed by atoms with Gasteiger partial charge in [-0.05, 0) is 24.0 Å². The molecule has 0 spiro atoms. The van der Waals surface area contributed by atoms with Crippen LogP contribution >= 0.6 is 0 Å². The van der Waals surface area contributed by atoms with Crippen molar-refractivity contribution in [2.75, 3.05) is 26.9 Å². The average molecular weight is 415 g/mol. The Hall–Kier alpha value is -2.80. The van der Waals surface area contributed by atoms with Crippen LogP contribution in [-0.4, -0.2) is 42.6 Å². The number of aryl methyl sites for hydroxylation is 1. The number of hydrogen-bond donors (Lipinski definition) is 1. The minimum Gasteiger partial charge on any atom is -0.493 e. The summed E-state index contributed by atoms with van der Waals surface area (Å²) < 4.78 is 19.0. The number of nitrogens with zero attached hydrogens (tertiary/aromatic N) is 1. The standard InChI is InChI=1S/C23H29NO6/c1-14-9-15-17-10-18(25)16(22(26)27)12-24(17)21(23(2,3)4)13-30-20(15)11-19(14)29-8-6-7-28-5/h9-12,21H,6-8,13H2,1-5H3,(H,26,27). The number of aromatic carboxylic acids is 1. The van der Waals surface area contributed by atoms with Gasteiger partial charge in [0.2, 0.25) is 0 Å². The van der Waals surface area contributed by atoms with Crippen LogP contribution in [0.2, 0.25) is 0 Å². The van der Waals surface area contributed by atoms with Crippen LogP contribution in [0.1, 0.15) is 49.2 Å². The van der Waals surface area contributed by atoms with Gasteiger partial charge in [0.25, 0.3) is 0 Å². The van der Waals surface area contributed by atoms with E-state index in [4.69, 9.17) is 14.2 Å². The van der Waals surface area contributed by atoms with Crippen LogP contribution in [-0.2, 0) is 4.74 Å². The van der Waals surface area contributed by atoms with Crippen molar-refractivity contribution < 1.29 is 24.1 Å². The maximum atomic E-state index is 12.5. The molecule has 0 saturated carbocycles. The topological polar surface area (TPSA) is 87.0 Å². The van der Waals surface area contributed by atoms with Gasteiger partial charge in [0.1, 0.15) is 23.7 Å². The highest BCUT2D eigenvalue weighted by molar-refractivity contribution is 5.87. The van der Waals surface area contributed by atoms with Gasteiger partial charge < -0.3 is 23.9 Å². The van der Waals surface area contributed by atoms with Gasteiger partial charge in [-0.2, -0.15) is 0 Å². The molecule has 1 atom stereocenters. The molecule has 2 heterocycles. The molecular weight excluding hydrogens is 386 g/mol. The molecule has 0 bridgehead atoms. The molecule has 1 aliphatic rings. The number of rotatable bonds is 6. The molecule has 162 valence electrons. The summed E-state index contributed by atoms with van der Waals surface area (Å²) in [6.45, 7) is 9.62. The highest BCUT2D eigenvalue weighted by Crippen LogP contribution is 2.43. The first-order chi connectivity index (χ1) is 14.1. The van der Waals surface area contributed by atoms with Gasteiger partial charge in [-0.3, -0.25) is 4.79 Å². The third-order valence-corrected chi connectivity index (χ3v) is 5.35. The van der Waals surface area contributed by atoms with E-state index in [1.165, 1.54) is 12.3 Å². The molecule has 7 heteroatoms. The number of ether oxygens (including phenoxy) is 3. The van der Waals surface area contributed by atoms with E-state index in [-0.39, 0.29) is 17.0 Å². The predicted octanol–water partition coefficient (Wildman–Crippen LogP) is 3.92. The van der Waals surface area contributed by atoms with Gasteiger partial charge >= 0.3 is 5.97 Å². The molecule has 1 aromatic carbocycles. The maximum Gasteiger partial charge on any atom is 0.341 e. The Morgan fingerprint density at radius 1 is 1.27 bits per heavy atom. The highest BCUT2D eigenvalue weighted by atomic mass is 16.5. The van der Waals surface area contributed by atoms with Crippen molar-refractivity contribution in [2.45, 2.75) is 40.2 Å². The fourth-order valence-electron chi connectivity index (χ4n) is 3.63. The zero-order valence-electron chi connectivity index (χ0n) is 18.2. The lowest BCUT2D eigenvalue weighted by atomic mass is 9.86. The molecule has 0 fully saturated rings. The molecule has 2 aromatic rings. The Morgan fingerprint density at radius 2 is 2.00 bits per heavy atom. The van der Waals surface area contributed by atoms with E-state index in [1.807, 2.05) is 23.6 Å². The van der Waals surface area contributed by atoms with Gasteiger partial charge in [-0.15, -0.1) is 0 Å². The normalized spacial score (nSPS) is 15.6. The van der Waals surface area contributed by atoms with E-state index >= 15 is 0 Å². The summed E-state index contributed by atoms with van der Waals surface area (Å²) in [5.41, 5.74) is 1.31. The summed E-state index contributed by atoms with van der Waals surface area (Å²) in [4.78, 5) is 24.1. The van der Waals surface area contributed by atoms with Gasteiger partial charge in [-0.1, -0.05) is 20.8 Å². The molecule has 7 nitrogen and oxygen atoms in total. The van der Waals surface area contributed by atoms with E-state index in [0.29, 0.717) is 31.3 Å². The van der Waals surface area contributed by atoms with Gasteiger partial charge in [-0.25, -0.2) is 4.79 Å². The smallest absolute Gasteiger partial charge is 0.341 e. The molecule has 0 aliphatic carbocycles. The molecule has 1 unspecified atom stereocenters. The van der Waals surface area contributed by atoms with Crippen LogP contribution in [0.25, 0.3) is 11.3 Å². The number of carboxylic acids is 1. The predicted molar refractivity (Wildman–Crippen MR) is 114 cm³/mol.